The van der Waals surface area contributed by atoms with Crippen molar-refractivity contribution in [1.29, 1.82) is 0 Å². The first-order valence-corrected chi connectivity index (χ1v) is 11.3. The molecule has 7 heteroatoms. The van der Waals surface area contributed by atoms with E-state index >= 15 is 0 Å². The number of likely N-dealkylation sites (tertiary alicyclic amines) is 2. The van der Waals surface area contributed by atoms with Crippen LogP contribution in [0.3, 0.4) is 0 Å². The predicted molar refractivity (Wildman–Crippen MR) is 120 cm³/mol. The SMILES string of the molecule is COc1ccc(CCN2CC(C(=O)N3CCCCC3c3cccnc3)CC2=O)cc1OC. The summed E-state index contributed by atoms with van der Waals surface area (Å²) in [7, 11) is 3.22. The first-order chi connectivity index (χ1) is 15.6. The number of hydrogen-bond acceptors (Lipinski definition) is 5. The van der Waals surface area contributed by atoms with Gasteiger partial charge in [0.1, 0.15) is 0 Å². The smallest absolute Gasteiger partial charge is 0.228 e. The number of carbonyl (C=O) groups excluding carboxylic acids is 2. The van der Waals surface area contributed by atoms with E-state index in [-0.39, 0.29) is 23.8 Å². The molecule has 2 aliphatic rings. The third-order valence-electron chi connectivity index (χ3n) is 6.54. The molecule has 2 unspecified atom stereocenters. The number of hydrogen-bond donors (Lipinski definition) is 0. The number of aromatic nitrogens is 1. The fourth-order valence-corrected chi connectivity index (χ4v) is 4.80. The number of methoxy groups -OCH3 is 2. The van der Waals surface area contributed by atoms with Crippen LogP contribution in [0.15, 0.2) is 42.7 Å². The quantitative estimate of drug-likeness (QED) is 0.665. The fourth-order valence-electron chi connectivity index (χ4n) is 4.80. The lowest BCUT2D eigenvalue weighted by Crippen LogP contribution is -2.42. The van der Waals surface area contributed by atoms with Crippen LogP contribution in [0.4, 0.5) is 0 Å². The Bertz CT molecular complexity index is 949. The molecule has 4 rings (SSSR count). The van der Waals surface area contributed by atoms with Crippen LogP contribution in [0, 0.1) is 5.92 Å². The van der Waals surface area contributed by atoms with Crippen molar-refractivity contribution in [2.24, 2.45) is 5.92 Å². The van der Waals surface area contributed by atoms with E-state index in [0.717, 1.165) is 36.9 Å². The number of ether oxygens (including phenoxy) is 2. The molecule has 2 amide bonds. The predicted octanol–water partition coefficient (Wildman–Crippen LogP) is 3.24. The molecule has 0 N–H and O–H groups in total. The van der Waals surface area contributed by atoms with Gasteiger partial charge in [-0.3, -0.25) is 14.6 Å². The third-order valence-corrected chi connectivity index (χ3v) is 6.54. The minimum absolute atomic E-state index is 0.0544. The van der Waals surface area contributed by atoms with Crippen LogP contribution in [0.5, 0.6) is 11.5 Å². The Morgan fingerprint density at radius 1 is 1.16 bits per heavy atom. The standard InChI is InChI=1S/C25H31N3O4/c1-31-22-9-8-18(14-23(22)32-2)10-13-27-17-20(15-24(27)29)25(30)28-12-4-3-7-21(28)19-6-5-11-26-16-19/h5-6,8-9,11,14,16,20-21H,3-4,7,10,12-13,15,17H2,1-2H3. The van der Waals surface area contributed by atoms with E-state index in [2.05, 4.69) is 4.98 Å². The average Bonchev–Trinajstić information content (AvgIpc) is 3.23. The van der Waals surface area contributed by atoms with E-state index in [1.165, 1.54) is 0 Å². The number of amides is 2. The van der Waals surface area contributed by atoms with Gasteiger partial charge in [-0.05, 0) is 55.0 Å². The van der Waals surface area contributed by atoms with Gasteiger partial charge in [-0.15, -0.1) is 0 Å². The van der Waals surface area contributed by atoms with Gasteiger partial charge in [-0.25, -0.2) is 0 Å². The number of nitrogens with zero attached hydrogens (tertiary/aromatic N) is 3. The molecular weight excluding hydrogens is 406 g/mol. The van der Waals surface area contributed by atoms with Crippen molar-refractivity contribution in [1.82, 2.24) is 14.8 Å². The third kappa shape index (κ3) is 4.71. The summed E-state index contributed by atoms with van der Waals surface area (Å²) in [4.78, 5) is 34.1. The fraction of sp³-hybridized carbons (Fsp3) is 0.480. The summed E-state index contributed by atoms with van der Waals surface area (Å²) in [6.45, 7) is 1.82. The minimum atomic E-state index is -0.273. The second kappa shape index (κ2) is 10.0. The molecule has 0 saturated carbocycles. The molecular formula is C25H31N3O4. The Kier molecular flexibility index (Phi) is 6.93. The maximum Gasteiger partial charge on any atom is 0.228 e. The zero-order chi connectivity index (χ0) is 22.5. The van der Waals surface area contributed by atoms with Crippen molar-refractivity contribution in [2.45, 2.75) is 38.1 Å². The number of rotatable bonds is 7. The van der Waals surface area contributed by atoms with E-state index < -0.39 is 0 Å². The highest BCUT2D eigenvalue weighted by atomic mass is 16.5. The molecule has 2 aromatic rings. The van der Waals surface area contributed by atoms with Gasteiger partial charge in [0.2, 0.25) is 11.8 Å². The number of pyridine rings is 1. The second-order valence-corrected chi connectivity index (χ2v) is 8.51. The topological polar surface area (TPSA) is 72.0 Å². The molecule has 3 heterocycles. The van der Waals surface area contributed by atoms with Crippen LogP contribution in [-0.4, -0.2) is 60.5 Å². The van der Waals surface area contributed by atoms with Crippen LogP contribution >= 0.6 is 0 Å². The summed E-state index contributed by atoms with van der Waals surface area (Å²) in [6.07, 6.45) is 7.66. The second-order valence-electron chi connectivity index (χ2n) is 8.51. The van der Waals surface area contributed by atoms with E-state index in [4.69, 9.17) is 9.47 Å². The van der Waals surface area contributed by atoms with Crippen molar-refractivity contribution in [3.8, 4) is 11.5 Å². The number of carbonyl (C=O) groups is 2. The summed E-state index contributed by atoms with van der Waals surface area (Å²) in [5.74, 6) is 1.24. The Labute approximate surface area is 189 Å². The first-order valence-electron chi connectivity index (χ1n) is 11.3. The van der Waals surface area contributed by atoms with Gasteiger partial charge >= 0.3 is 0 Å². The normalized spacial score (nSPS) is 21.0. The molecule has 32 heavy (non-hydrogen) atoms. The molecule has 0 spiro atoms. The van der Waals surface area contributed by atoms with Gasteiger partial charge in [0.25, 0.3) is 0 Å². The van der Waals surface area contributed by atoms with Gasteiger partial charge < -0.3 is 19.3 Å². The summed E-state index contributed by atoms with van der Waals surface area (Å²) < 4.78 is 10.7. The van der Waals surface area contributed by atoms with Gasteiger partial charge in [0, 0.05) is 38.4 Å². The average molecular weight is 438 g/mol. The maximum atomic E-state index is 13.4. The molecule has 1 aromatic carbocycles. The highest BCUT2D eigenvalue weighted by molar-refractivity contribution is 5.89. The van der Waals surface area contributed by atoms with E-state index in [1.54, 1.807) is 20.4 Å². The highest BCUT2D eigenvalue weighted by Crippen LogP contribution is 2.33. The van der Waals surface area contributed by atoms with Crippen molar-refractivity contribution in [3.05, 3.63) is 53.9 Å². The number of benzene rings is 1. The maximum absolute atomic E-state index is 13.4. The van der Waals surface area contributed by atoms with Crippen molar-refractivity contribution >= 4 is 11.8 Å². The molecule has 0 radical (unpaired) electrons. The monoisotopic (exact) mass is 437 g/mol. The zero-order valence-corrected chi connectivity index (χ0v) is 18.8. The Morgan fingerprint density at radius 2 is 2.00 bits per heavy atom. The molecule has 0 aliphatic carbocycles. The number of piperidine rings is 1. The zero-order valence-electron chi connectivity index (χ0n) is 18.8. The van der Waals surface area contributed by atoms with Gasteiger partial charge in [0.05, 0.1) is 26.2 Å². The van der Waals surface area contributed by atoms with Crippen LogP contribution < -0.4 is 9.47 Å². The molecule has 2 fully saturated rings. The summed E-state index contributed by atoms with van der Waals surface area (Å²) in [5, 5.41) is 0. The Hall–Kier alpha value is -3.09. The lowest BCUT2D eigenvalue weighted by molar-refractivity contribution is -0.139. The summed E-state index contributed by atoms with van der Waals surface area (Å²) in [6, 6.07) is 9.81. The summed E-state index contributed by atoms with van der Waals surface area (Å²) in [5.41, 5.74) is 2.15. The van der Waals surface area contributed by atoms with Crippen LogP contribution in [0.25, 0.3) is 0 Å². The van der Waals surface area contributed by atoms with Crippen molar-refractivity contribution in [2.75, 3.05) is 33.9 Å². The van der Waals surface area contributed by atoms with E-state index in [9.17, 15) is 9.59 Å². The van der Waals surface area contributed by atoms with Crippen molar-refractivity contribution in [3.63, 3.8) is 0 Å². The molecule has 2 saturated heterocycles. The molecule has 0 bridgehead atoms. The van der Waals surface area contributed by atoms with Gasteiger partial charge in [-0.1, -0.05) is 12.1 Å². The van der Waals surface area contributed by atoms with Crippen molar-refractivity contribution < 1.29 is 19.1 Å². The largest absolute Gasteiger partial charge is 0.493 e. The van der Waals surface area contributed by atoms with E-state index in [1.807, 2.05) is 46.3 Å². The molecule has 170 valence electrons. The molecule has 2 atom stereocenters. The molecule has 1 aromatic heterocycles. The van der Waals surface area contributed by atoms with Crippen LogP contribution in [-0.2, 0) is 16.0 Å². The Morgan fingerprint density at radius 3 is 2.75 bits per heavy atom. The van der Waals surface area contributed by atoms with Gasteiger partial charge in [-0.2, -0.15) is 0 Å². The van der Waals surface area contributed by atoms with Gasteiger partial charge in [0.15, 0.2) is 11.5 Å². The molecule has 2 aliphatic heterocycles. The lowest BCUT2D eigenvalue weighted by atomic mass is 9.94. The summed E-state index contributed by atoms with van der Waals surface area (Å²) >= 11 is 0. The van der Waals surface area contributed by atoms with E-state index in [0.29, 0.717) is 37.4 Å². The Balaban J connectivity index is 1.39. The minimum Gasteiger partial charge on any atom is -0.493 e. The highest BCUT2D eigenvalue weighted by Gasteiger charge is 2.39. The molecule has 7 nitrogen and oxygen atoms in total. The first kappa shape index (κ1) is 22.1. The van der Waals surface area contributed by atoms with Crippen LogP contribution in [0.2, 0.25) is 0 Å². The lowest BCUT2D eigenvalue weighted by Gasteiger charge is -2.37. The van der Waals surface area contributed by atoms with Crippen LogP contribution in [0.1, 0.15) is 42.9 Å².